The van der Waals surface area contributed by atoms with Crippen molar-refractivity contribution in [2.24, 2.45) is 0 Å². The molecule has 1 heterocycles. The number of amides is 2. The SMILES string of the molecule is CCOc1ccc2c(c1)C=C(C(=O)N(C)CC(=O)Nc1ccc(F)cc1)CO2. The van der Waals surface area contributed by atoms with Crippen molar-refractivity contribution in [3.05, 3.63) is 59.4 Å². The summed E-state index contributed by atoms with van der Waals surface area (Å²) in [5.41, 5.74) is 1.66. The molecule has 1 N–H and O–H groups in total. The molecule has 0 aliphatic carbocycles. The topological polar surface area (TPSA) is 67.9 Å². The zero-order valence-corrected chi connectivity index (χ0v) is 15.7. The second-order valence-corrected chi connectivity index (χ2v) is 6.31. The maximum Gasteiger partial charge on any atom is 0.253 e. The lowest BCUT2D eigenvalue weighted by Crippen LogP contribution is -2.37. The molecule has 0 atom stereocenters. The van der Waals surface area contributed by atoms with Crippen molar-refractivity contribution < 1.29 is 23.5 Å². The molecule has 2 amide bonds. The van der Waals surface area contributed by atoms with Gasteiger partial charge in [0.15, 0.2) is 0 Å². The van der Waals surface area contributed by atoms with E-state index in [1.54, 1.807) is 19.2 Å². The molecule has 0 saturated carbocycles. The largest absolute Gasteiger partial charge is 0.494 e. The molecule has 0 bridgehead atoms. The van der Waals surface area contributed by atoms with Gasteiger partial charge in [-0.3, -0.25) is 9.59 Å². The van der Waals surface area contributed by atoms with Crippen LogP contribution in [0.2, 0.25) is 0 Å². The van der Waals surface area contributed by atoms with Crippen molar-refractivity contribution in [2.75, 3.05) is 32.1 Å². The van der Waals surface area contributed by atoms with Gasteiger partial charge in [0, 0.05) is 18.3 Å². The number of ether oxygens (including phenoxy) is 2. The Hall–Kier alpha value is -3.35. The Balaban J connectivity index is 1.65. The molecule has 1 aliphatic rings. The van der Waals surface area contributed by atoms with E-state index in [4.69, 9.17) is 9.47 Å². The molecular formula is C21H21FN2O4. The van der Waals surface area contributed by atoms with Crippen LogP contribution in [-0.2, 0) is 9.59 Å². The number of carbonyl (C=O) groups is 2. The average molecular weight is 384 g/mol. The van der Waals surface area contributed by atoms with E-state index in [9.17, 15) is 14.0 Å². The van der Waals surface area contributed by atoms with Gasteiger partial charge in [0.05, 0.1) is 18.7 Å². The molecule has 2 aromatic rings. The van der Waals surface area contributed by atoms with Gasteiger partial charge in [-0.25, -0.2) is 4.39 Å². The smallest absolute Gasteiger partial charge is 0.253 e. The summed E-state index contributed by atoms with van der Waals surface area (Å²) in [5, 5.41) is 2.63. The number of fused-ring (bicyclic) bond motifs is 1. The van der Waals surface area contributed by atoms with Crippen LogP contribution in [0.3, 0.4) is 0 Å². The number of nitrogens with one attached hydrogen (secondary N) is 1. The molecule has 146 valence electrons. The van der Waals surface area contributed by atoms with Crippen molar-refractivity contribution in [2.45, 2.75) is 6.92 Å². The number of carbonyl (C=O) groups excluding carboxylic acids is 2. The summed E-state index contributed by atoms with van der Waals surface area (Å²) in [7, 11) is 1.54. The third-order valence-corrected chi connectivity index (χ3v) is 4.14. The van der Waals surface area contributed by atoms with Crippen molar-refractivity contribution in [1.82, 2.24) is 4.90 Å². The van der Waals surface area contributed by atoms with Crippen LogP contribution < -0.4 is 14.8 Å². The number of rotatable bonds is 6. The number of anilines is 1. The molecule has 0 saturated heterocycles. The molecule has 6 nitrogen and oxygen atoms in total. The van der Waals surface area contributed by atoms with E-state index in [1.165, 1.54) is 29.2 Å². The van der Waals surface area contributed by atoms with Gasteiger partial charge in [-0.2, -0.15) is 0 Å². The van der Waals surface area contributed by atoms with Gasteiger partial charge in [-0.05, 0) is 55.5 Å². The molecule has 0 fully saturated rings. The van der Waals surface area contributed by atoms with Crippen LogP contribution in [0.15, 0.2) is 48.0 Å². The Morgan fingerprint density at radius 3 is 2.68 bits per heavy atom. The Kier molecular flexibility index (Phi) is 5.93. The lowest BCUT2D eigenvalue weighted by Gasteiger charge is -2.22. The Bertz CT molecular complexity index is 909. The molecule has 0 radical (unpaired) electrons. The predicted molar refractivity (Wildman–Crippen MR) is 104 cm³/mol. The number of halogens is 1. The molecular weight excluding hydrogens is 363 g/mol. The molecule has 3 rings (SSSR count). The predicted octanol–water partition coefficient (Wildman–Crippen LogP) is 3.10. The lowest BCUT2D eigenvalue weighted by atomic mass is 10.1. The van der Waals surface area contributed by atoms with Gasteiger partial charge in [0.1, 0.15) is 23.9 Å². The fraction of sp³-hybridized carbons (Fsp3) is 0.238. The normalized spacial score (nSPS) is 12.3. The quantitative estimate of drug-likeness (QED) is 0.831. The minimum absolute atomic E-state index is 0.129. The standard InChI is InChI=1S/C21H21FN2O4/c1-3-27-18-8-9-19-14(11-18)10-15(13-28-19)21(26)24(2)12-20(25)23-17-6-4-16(22)5-7-17/h4-11H,3,12-13H2,1-2H3,(H,23,25). The molecule has 2 aromatic carbocycles. The van der Waals surface area contributed by atoms with Crippen LogP contribution in [0, 0.1) is 5.82 Å². The highest BCUT2D eigenvalue weighted by molar-refractivity contribution is 6.02. The van der Waals surface area contributed by atoms with Gasteiger partial charge in [0.2, 0.25) is 5.91 Å². The summed E-state index contributed by atoms with van der Waals surface area (Å²) in [5.74, 6) is 0.307. The zero-order chi connectivity index (χ0) is 20.1. The highest BCUT2D eigenvalue weighted by atomic mass is 19.1. The molecule has 28 heavy (non-hydrogen) atoms. The van der Waals surface area contributed by atoms with E-state index in [1.807, 2.05) is 19.1 Å². The second kappa shape index (κ2) is 8.56. The van der Waals surface area contributed by atoms with Gasteiger partial charge < -0.3 is 19.7 Å². The third-order valence-electron chi connectivity index (χ3n) is 4.14. The van der Waals surface area contributed by atoms with Crippen LogP contribution in [-0.4, -0.2) is 43.5 Å². The van der Waals surface area contributed by atoms with Gasteiger partial charge in [-0.15, -0.1) is 0 Å². The summed E-state index contributed by atoms with van der Waals surface area (Å²) in [6.07, 6.45) is 1.75. The maximum atomic E-state index is 12.9. The average Bonchev–Trinajstić information content (AvgIpc) is 2.68. The number of benzene rings is 2. The van der Waals surface area contributed by atoms with E-state index in [-0.39, 0.29) is 30.8 Å². The summed E-state index contributed by atoms with van der Waals surface area (Å²) < 4.78 is 24.0. The van der Waals surface area contributed by atoms with Crippen LogP contribution in [0.1, 0.15) is 12.5 Å². The summed E-state index contributed by atoms with van der Waals surface area (Å²) in [4.78, 5) is 26.1. The van der Waals surface area contributed by atoms with Crippen LogP contribution in [0.25, 0.3) is 6.08 Å². The minimum Gasteiger partial charge on any atom is -0.494 e. The number of hydrogen-bond donors (Lipinski definition) is 1. The van der Waals surface area contributed by atoms with Crippen molar-refractivity contribution >= 4 is 23.6 Å². The summed E-state index contributed by atoms with van der Waals surface area (Å²) in [6.45, 7) is 2.43. The van der Waals surface area contributed by atoms with Crippen molar-refractivity contribution in [3.8, 4) is 11.5 Å². The van der Waals surface area contributed by atoms with Crippen molar-refractivity contribution in [1.29, 1.82) is 0 Å². The first-order valence-corrected chi connectivity index (χ1v) is 8.87. The highest BCUT2D eigenvalue weighted by Gasteiger charge is 2.22. The minimum atomic E-state index is -0.387. The van der Waals surface area contributed by atoms with E-state index >= 15 is 0 Å². The summed E-state index contributed by atoms with van der Waals surface area (Å²) >= 11 is 0. The first-order valence-electron chi connectivity index (χ1n) is 8.87. The Morgan fingerprint density at radius 1 is 1.21 bits per heavy atom. The van der Waals surface area contributed by atoms with Crippen LogP contribution in [0.4, 0.5) is 10.1 Å². The molecule has 7 heteroatoms. The monoisotopic (exact) mass is 384 g/mol. The van der Waals surface area contributed by atoms with E-state index in [0.29, 0.717) is 29.4 Å². The fourth-order valence-electron chi connectivity index (χ4n) is 2.80. The van der Waals surface area contributed by atoms with Crippen LogP contribution in [0.5, 0.6) is 11.5 Å². The Morgan fingerprint density at radius 2 is 1.96 bits per heavy atom. The van der Waals surface area contributed by atoms with Gasteiger partial charge in [-0.1, -0.05) is 0 Å². The van der Waals surface area contributed by atoms with Gasteiger partial charge in [0.25, 0.3) is 5.91 Å². The molecule has 0 spiro atoms. The molecule has 1 aliphatic heterocycles. The maximum absolute atomic E-state index is 12.9. The van der Waals surface area contributed by atoms with E-state index < -0.39 is 0 Å². The zero-order valence-electron chi connectivity index (χ0n) is 15.7. The third kappa shape index (κ3) is 4.68. The fourth-order valence-corrected chi connectivity index (χ4v) is 2.80. The molecule has 0 unspecified atom stereocenters. The van der Waals surface area contributed by atoms with Gasteiger partial charge >= 0.3 is 0 Å². The van der Waals surface area contributed by atoms with E-state index in [2.05, 4.69) is 5.32 Å². The first kappa shape index (κ1) is 19.4. The number of likely N-dealkylation sites (N-methyl/N-ethyl adjacent to an activating group) is 1. The highest BCUT2D eigenvalue weighted by Crippen LogP contribution is 2.30. The molecule has 0 aromatic heterocycles. The number of nitrogens with zero attached hydrogens (tertiary/aromatic N) is 1. The second-order valence-electron chi connectivity index (χ2n) is 6.31. The lowest BCUT2D eigenvalue weighted by molar-refractivity contribution is -0.130. The van der Waals surface area contributed by atoms with E-state index in [0.717, 1.165) is 5.56 Å². The van der Waals surface area contributed by atoms with Crippen LogP contribution >= 0.6 is 0 Å². The number of hydrogen-bond acceptors (Lipinski definition) is 4. The first-order chi connectivity index (χ1) is 13.5. The Labute approximate surface area is 162 Å². The summed E-state index contributed by atoms with van der Waals surface area (Å²) in [6, 6.07) is 10.9. The van der Waals surface area contributed by atoms with Crippen molar-refractivity contribution in [3.63, 3.8) is 0 Å².